The topological polar surface area (TPSA) is 65.2 Å². The van der Waals surface area contributed by atoms with Crippen LogP contribution in [-0.4, -0.2) is 34.3 Å². The fourth-order valence-corrected chi connectivity index (χ4v) is 3.13. The maximum absolute atomic E-state index is 13.1. The molecule has 2 aromatic carbocycles. The van der Waals surface area contributed by atoms with E-state index >= 15 is 0 Å². The highest BCUT2D eigenvalue weighted by Gasteiger charge is 2.27. The number of hydrogen-bond donors (Lipinski definition) is 2. The number of benzene rings is 2. The minimum atomic E-state index is -0.578. The third kappa shape index (κ3) is 4.19. The predicted octanol–water partition coefficient (Wildman–Crippen LogP) is 4.36. The summed E-state index contributed by atoms with van der Waals surface area (Å²) in [5, 5.41) is 3.87. The normalized spacial score (nSPS) is 12.0. The third-order valence-corrected chi connectivity index (χ3v) is 4.62. The van der Waals surface area contributed by atoms with Crippen LogP contribution >= 0.6 is 0 Å². The Morgan fingerprint density at radius 1 is 1.11 bits per heavy atom. The monoisotopic (exact) mass is 363 g/mol. The lowest BCUT2D eigenvalue weighted by Crippen LogP contribution is -2.46. The van der Waals surface area contributed by atoms with Gasteiger partial charge in [-0.25, -0.2) is 0 Å². The van der Waals surface area contributed by atoms with Crippen LogP contribution in [0.25, 0.3) is 10.9 Å². The van der Waals surface area contributed by atoms with E-state index in [0.717, 1.165) is 28.6 Å². The van der Waals surface area contributed by atoms with Crippen molar-refractivity contribution in [1.82, 2.24) is 9.88 Å². The zero-order chi connectivity index (χ0) is 19.4. The van der Waals surface area contributed by atoms with Crippen LogP contribution in [-0.2, 0) is 4.79 Å². The van der Waals surface area contributed by atoms with Crippen molar-refractivity contribution in [3.63, 3.8) is 0 Å². The van der Waals surface area contributed by atoms with E-state index in [1.54, 1.807) is 11.8 Å². The first-order chi connectivity index (χ1) is 13.0. The number of aryl methyl sites for hydroxylation is 1. The smallest absolute Gasteiger partial charge is 0.270 e. The lowest BCUT2D eigenvalue weighted by Gasteiger charge is -2.27. The first-order valence-electron chi connectivity index (χ1n) is 9.26. The molecule has 27 heavy (non-hydrogen) atoms. The fraction of sp³-hybridized carbons (Fsp3) is 0.273. The van der Waals surface area contributed by atoms with Gasteiger partial charge in [-0.2, -0.15) is 0 Å². The van der Waals surface area contributed by atoms with Crippen LogP contribution in [0.5, 0.6) is 0 Å². The Morgan fingerprint density at radius 3 is 2.56 bits per heavy atom. The number of aromatic amines is 1. The third-order valence-electron chi connectivity index (χ3n) is 4.62. The number of rotatable bonds is 6. The first-order valence-corrected chi connectivity index (χ1v) is 9.26. The van der Waals surface area contributed by atoms with E-state index in [-0.39, 0.29) is 11.8 Å². The maximum Gasteiger partial charge on any atom is 0.270 e. The van der Waals surface area contributed by atoms with Crippen molar-refractivity contribution in [3.8, 4) is 0 Å². The molecule has 2 N–H and O–H groups in total. The molecule has 0 aliphatic heterocycles. The van der Waals surface area contributed by atoms with E-state index in [1.807, 2.05) is 68.4 Å². The van der Waals surface area contributed by atoms with E-state index in [4.69, 9.17) is 0 Å². The van der Waals surface area contributed by atoms with Gasteiger partial charge in [0.15, 0.2) is 0 Å². The molecule has 5 heteroatoms. The molecule has 1 aromatic heterocycles. The molecule has 3 rings (SSSR count). The summed E-state index contributed by atoms with van der Waals surface area (Å²) in [6.07, 6.45) is 0.772. The molecule has 5 nitrogen and oxygen atoms in total. The molecule has 1 unspecified atom stereocenters. The molecule has 0 fully saturated rings. The van der Waals surface area contributed by atoms with Gasteiger partial charge < -0.3 is 15.2 Å². The largest absolute Gasteiger partial charge is 0.351 e. The minimum absolute atomic E-state index is 0.165. The van der Waals surface area contributed by atoms with Gasteiger partial charge in [0, 0.05) is 23.1 Å². The molecule has 0 spiro atoms. The molecule has 1 heterocycles. The van der Waals surface area contributed by atoms with Crippen LogP contribution in [0, 0.1) is 6.92 Å². The molecule has 0 saturated heterocycles. The summed E-state index contributed by atoms with van der Waals surface area (Å²) in [7, 11) is 0. The molecule has 0 saturated carbocycles. The van der Waals surface area contributed by atoms with Gasteiger partial charge in [-0.05, 0) is 50.1 Å². The summed E-state index contributed by atoms with van der Waals surface area (Å²) in [5.74, 6) is -0.364. The molecule has 140 valence electrons. The second-order valence-electron chi connectivity index (χ2n) is 6.80. The Hall–Kier alpha value is -3.08. The van der Waals surface area contributed by atoms with Crippen LogP contribution in [0.4, 0.5) is 5.69 Å². The van der Waals surface area contributed by atoms with Crippen LogP contribution in [0.1, 0.15) is 36.3 Å². The van der Waals surface area contributed by atoms with Crippen molar-refractivity contribution in [3.05, 3.63) is 65.9 Å². The standard InChI is InChI=1S/C22H25N3O2/c1-4-12-25(16(3)21(26)23-18-8-6-5-7-9-18)22(27)20-14-17-11-10-15(2)13-19(17)24-20/h5-11,13-14,16,24H,4,12H2,1-3H3,(H,23,26). The number of H-pyrrole nitrogens is 1. The number of aromatic nitrogens is 1. The summed E-state index contributed by atoms with van der Waals surface area (Å²) in [5.41, 5.74) is 3.28. The maximum atomic E-state index is 13.1. The zero-order valence-electron chi connectivity index (χ0n) is 16.0. The molecule has 3 aromatic rings. The van der Waals surface area contributed by atoms with Crippen molar-refractivity contribution in [2.24, 2.45) is 0 Å². The zero-order valence-corrected chi connectivity index (χ0v) is 16.0. The summed E-state index contributed by atoms with van der Waals surface area (Å²) >= 11 is 0. The molecule has 0 radical (unpaired) electrons. The Morgan fingerprint density at radius 2 is 1.85 bits per heavy atom. The summed E-state index contributed by atoms with van der Waals surface area (Å²) in [6, 6.07) is 16.6. The van der Waals surface area contributed by atoms with E-state index in [2.05, 4.69) is 10.3 Å². The quantitative estimate of drug-likeness (QED) is 0.683. The molecule has 1 atom stereocenters. The van der Waals surface area contributed by atoms with Gasteiger partial charge in [0.1, 0.15) is 11.7 Å². The molecular weight excluding hydrogens is 338 g/mol. The van der Waals surface area contributed by atoms with Crippen molar-refractivity contribution >= 4 is 28.4 Å². The van der Waals surface area contributed by atoms with Crippen molar-refractivity contribution < 1.29 is 9.59 Å². The summed E-state index contributed by atoms with van der Waals surface area (Å²) in [6.45, 7) is 6.28. The molecule has 0 bridgehead atoms. The van der Waals surface area contributed by atoms with E-state index in [1.165, 1.54) is 0 Å². The van der Waals surface area contributed by atoms with E-state index in [9.17, 15) is 9.59 Å². The summed E-state index contributed by atoms with van der Waals surface area (Å²) in [4.78, 5) is 30.6. The van der Waals surface area contributed by atoms with Crippen molar-refractivity contribution in [2.75, 3.05) is 11.9 Å². The van der Waals surface area contributed by atoms with E-state index in [0.29, 0.717) is 12.2 Å². The van der Waals surface area contributed by atoms with Crippen LogP contribution in [0.3, 0.4) is 0 Å². The Bertz CT molecular complexity index is 947. The highest BCUT2D eigenvalue weighted by molar-refractivity contribution is 6.02. The Kier molecular flexibility index (Phi) is 5.60. The number of para-hydroxylation sites is 1. The number of hydrogen-bond acceptors (Lipinski definition) is 2. The van der Waals surface area contributed by atoms with Gasteiger partial charge in [0.05, 0.1) is 0 Å². The second kappa shape index (κ2) is 8.08. The average Bonchev–Trinajstić information content (AvgIpc) is 3.09. The number of anilines is 1. The molecule has 0 aliphatic carbocycles. The van der Waals surface area contributed by atoms with Crippen LogP contribution in [0.2, 0.25) is 0 Å². The lowest BCUT2D eigenvalue weighted by molar-refractivity contribution is -0.120. The number of nitrogens with zero attached hydrogens (tertiary/aromatic N) is 1. The predicted molar refractivity (Wildman–Crippen MR) is 109 cm³/mol. The van der Waals surface area contributed by atoms with E-state index < -0.39 is 6.04 Å². The fourth-order valence-electron chi connectivity index (χ4n) is 3.13. The van der Waals surface area contributed by atoms with Gasteiger partial charge in [0.25, 0.3) is 5.91 Å². The molecular formula is C22H25N3O2. The number of nitrogens with one attached hydrogen (secondary N) is 2. The van der Waals surface area contributed by atoms with Gasteiger partial charge in [-0.1, -0.05) is 37.3 Å². The molecule has 0 aliphatic rings. The molecule has 2 amide bonds. The number of carbonyl (C=O) groups is 2. The van der Waals surface area contributed by atoms with Crippen LogP contribution in [0.15, 0.2) is 54.6 Å². The van der Waals surface area contributed by atoms with Gasteiger partial charge >= 0.3 is 0 Å². The van der Waals surface area contributed by atoms with Crippen molar-refractivity contribution in [1.29, 1.82) is 0 Å². The first kappa shape index (κ1) is 18.7. The van der Waals surface area contributed by atoms with Gasteiger partial charge in [-0.3, -0.25) is 9.59 Å². The lowest BCUT2D eigenvalue weighted by atomic mass is 10.2. The van der Waals surface area contributed by atoms with Gasteiger partial charge in [-0.15, -0.1) is 0 Å². The SMILES string of the molecule is CCCN(C(=O)c1cc2ccc(C)cc2[nH]1)C(C)C(=O)Nc1ccccc1. The Balaban J connectivity index is 1.82. The summed E-state index contributed by atoms with van der Waals surface area (Å²) < 4.78 is 0. The second-order valence-corrected chi connectivity index (χ2v) is 6.80. The highest BCUT2D eigenvalue weighted by atomic mass is 16.2. The van der Waals surface area contributed by atoms with Gasteiger partial charge in [0.2, 0.25) is 5.91 Å². The number of carbonyl (C=O) groups excluding carboxylic acids is 2. The van der Waals surface area contributed by atoms with Crippen LogP contribution < -0.4 is 5.32 Å². The number of fused-ring (bicyclic) bond motifs is 1. The van der Waals surface area contributed by atoms with Crippen molar-refractivity contribution in [2.45, 2.75) is 33.2 Å². The number of amides is 2. The minimum Gasteiger partial charge on any atom is -0.351 e. The highest BCUT2D eigenvalue weighted by Crippen LogP contribution is 2.19. The average molecular weight is 363 g/mol. The Labute approximate surface area is 159 Å².